The third-order valence-electron chi connectivity index (χ3n) is 6.12. The number of piperazine rings is 1. The molecule has 2 fully saturated rings. The van der Waals surface area contributed by atoms with E-state index in [4.69, 9.17) is 14.2 Å². The molecule has 2 heterocycles. The molecule has 0 radical (unpaired) electrons. The van der Waals surface area contributed by atoms with E-state index in [1.165, 1.54) is 16.0 Å². The lowest BCUT2D eigenvalue weighted by Crippen LogP contribution is -3.28. The van der Waals surface area contributed by atoms with Crippen molar-refractivity contribution in [3.05, 3.63) is 23.3 Å². The molecule has 29 heavy (non-hydrogen) atoms. The second kappa shape index (κ2) is 9.78. The molecule has 0 saturated carbocycles. The standard InChI is InChI=1S/C22H35N3O4/c1-16-10-20(27-4)21(28-5)11-19(16)14-23-6-8-24(9-7-23)15-22(26)25-12-17(2)29-18(3)13-25/h10-11,17-18H,6-9,12-15H2,1-5H3/p+2/t17-,18-/m0/s1. The molecule has 2 N–H and O–H groups in total. The van der Waals surface area contributed by atoms with Crippen LogP contribution in [-0.2, 0) is 16.1 Å². The van der Waals surface area contributed by atoms with Crippen LogP contribution in [0.1, 0.15) is 25.0 Å². The predicted octanol–water partition coefficient (Wildman–Crippen LogP) is -1.07. The van der Waals surface area contributed by atoms with E-state index in [-0.39, 0.29) is 18.1 Å². The van der Waals surface area contributed by atoms with Gasteiger partial charge in [0, 0.05) is 18.7 Å². The van der Waals surface area contributed by atoms with Crippen molar-refractivity contribution in [1.29, 1.82) is 0 Å². The fourth-order valence-electron chi connectivity index (χ4n) is 4.50. The first kappa shape index (κ1) is 21.9. The normalized spacial score (nSPS) is 27.6. The number of methoxy groups -OCH3 is 2. The van der Waals surface area contributed by atoms with Gasteiger partial charge in [-0.3, -0.25) is 4.79 Å². The highest BCUT2D eigenvalue weighted by molar-refractivity contribution is 5.77. The number of rotatable bonds is 6. The Morgan fingerprint density at radius 2 is 1.59 bits per heavy atom. The van der Waals surface area contributed by atoms with Crippen LogP contribution in [0.3, 0.4) is 0 Å². The quantitative estimate of drug-likeness (QED) is 0.631. The van der Waals surface area contributed by atoms with Gasteiger partial charge >= 0.3 is 0 Å². The average Bonchev–Trinajstić information content (AvgIpc) is 2.69. The molecule has 2 saturated heterocycles. The number of hydrogen-bond acceptors (Lipinski definition) is 4. The van der Waals surface area contributed by atoms with Crippen LogP contribution >= 0.6 is 0 Å². The van der Waals surface area contributed by atoms with Gasteiger partial charge in [0.15, 0.2) is 18.0 Å². The Labute approximate surface area is 174 Å². The van der Waals surface area contributed by atoms with Crippen molar-refractivity contribution in [2.24, 2.45) is 0 Å². The van der Waals surface area contributed by atoms with E-state index in [9.17, 15) is 4.79 Å². The summed E-state index contributed by atoms with van der Waals surface area (Å²) in [5.41, 5.74) is 2.53. The van der Waals surface area contributed by atoms with Gasteiger partial charge in [-0.1, -0.05) is 0 Å². The maximum absolute atomic E-state index is 12.7. The van der Waals surface area contributed by atoms with Gasteiger partial charge in [-0.2, -0.15) is 0 Å². The summed E-state index contributed by atoms with van der Waals surface area (Å²) in [6, 6.07) is 4.16. The molecule has 2 aliphatic rings. The minimum atomic E-state index is 0.128. The van der Waals surface area contributed by atoms with Crippen molar-refractivity contribution in [2.45, 2.75) is 39.5 Å². The van der Waals surface area contributed by atoms with Gasteiger partial charge in [0.05, 0.1) is 26.4 Å². The number of benzene rings is 1. The first-order valence-corrected chi connectivity index (χ1v) is 10.7. The number of nitrogens with zero attached hydrogens (tertiary/aromatic N) is 1. The van der Waals surface area contributed by atoms with Crippen molar-refractivity contribution in [3.8, 4) is 11.5 Å². The molecule has 1 aromatic rings. The number of nitrogens with one attached hydrogen (secondary N) is 2. The number of morpholine rings is 1. The highest BCUT2D eigenvalue weighted by Gasteiger charge is 2.30. The zero-order valence-electron chi connectivity index (χ0n) is 18.5. The summed E-state index contributed by atoms with van der Waals surface area (Å²) in [5, 5.41) is 0. The van der Waals surface area contributed by atoms with E-state index < -0.39 is 0 Å². The van der Waals surface area contributed by atoms with Gasteiger partial charge in [0.1, 0.15) is 32.7 Å². The molecule has 0 unspecified atom stereocenters. The summed E-state index contributed by atoms with van der Waals surface area (Å²) in [6.07, 6.45) is 0.257. The Bertz CT molecular complexity index is 694. The van der Waals surface area contributed by atoms with Gasteiger partial charge in [-0.25, -0.2) is 0 Å². The van der Waals surface area contributed by atoms with Crippen LogP contribution in [0.15, 0.2) is 12.1 Å². The summed E-state index contributed by atoms with van der Waals surface area (Å²) in [7, 11) is 3.35. The molecule has 7 heteroatoms. The molecule has 1 amide bonds. The first-order chi connectivity index (χ1) is 13.9. The number of hydrogen-bond donors (Lipinski definition) is 2. The summed E-state index contributed by atoms with van der Waals surface area (Å²) >= 11 is 0. The summed E-state index contributed by atoms with van der Waals surface area (Å²) in [4.78, 5) is 17.7. The highest BCUT2D eigenvalue weighted by atomic mass is 16.5. The predicted molar refractivity (Wildman–Crippen MR) is 111 cm³/mol. The van der Waals surface area contributed by atoms with E-state index in [2.05, 4.69) is 19.1 Å². The van der Waals surface area contributed by atoms with Crippen LogP contribution in [-0.4, -0.2) is 83.0 Å². The number of amides is 1. The van der Waals surface area contributed by atoms with E-state index in [1.807, 2.05) is 18.7 Å². The number of ether oxygens (including phenoxy) is 3. The zero-order valence-corrected chi connectivity index (χ0v) is 18.5. The van der Waals surface area contributed by atoms with Crippen molar-refractivity contribution in [2.75, 3.05) is 60.0 Å². The minimum absolute atomic E-state index is 0.128. The van der Waals surface area contributed by atoms with Gasteiger partial charge in [-0.05, 0) is 38.5 Å². The lowest BCUT2D eigenvalue weighted by atomic mass is 10.1. The van der Waals surface area contributed by atoms with Crippen LogP contribution in [0.5, 0.6) is 11.5 Å². The molecule has 3 rings (SSSR count). The molecule has 2 aliphatic heterocycles. The lowest BCUT2D eigenvalue weighted by molar-refractivity contribution is -1.02. The summed E-state index contributed by atoms with van der Waals surface area (Å²) in [6.45, 7) is 13.4. The summed E-state index contributed by atoms with van der Waals surface area (Å²) < 4.78 is 16.6. The third-order valence-corrected chi connectivity index (χ3v) is 6.12. The smallest absolute Gasteiger partial charge is 0.277 e. The van der Waals surface area contributed by atoms with Gasteiger partial charge < -0.3 is 28.9 Å². The average molecular weight is 408 g/mol. The summed E-state index contributed by atoms with van der Waals surface area (Å²) in [5.74, 6) is 1.83. The topological polar surface area (TPSA) is 56.9 Å². The monoisotopic (exact) mass is 407 g/mol. The molecular weight excluding hydrogens is 370 g/mol. The molecule has 0 bridgehead atoms. The Hall–Kier alpha value is -1.83. The van der Waals surface area contributed by atoms with Crippen molar-refractivity contribution in [1.82, 2.24) is 4.90 Å². The molecule has 1 aromatic carbocycles. The Morgan fingerprint density at radius 3 is 2.17 bits per heavy atom. The number of carbonyl (C=O) groups excluding carboxylic acids is 1. The molecule has 0 aromatic heterocycles. The van der Waals surface area contributed by atoms with Crippen molar-refractivity contribution in [3.63, 3.8) is 0 Å². The fraction of sp³-hybridized carbons (Fsp3) is 0.682. The fourth-order valence-corrected chi connectivity index (χ4v) is 4.50. The Kier molecular flexibility index (Phi) is 7.38. The first-order valence-electron chi connectivity index (χ1n) is 10.7. The van der Waals surface area contributed by atoms with Crippen molar-refractivity contribution >= 4 is 5.91 Å². The van der Waals surface area contributed by atoms with E-state index in [0.29, 0.717) is 19.6 Å². The largest absolute Gasteiger partial charge is 0.493 e. The van der Waals surface area contributed by atoms with Crippen LogP contribution in [0.2, 0.25) is 0 Å². The molecule has 0 aliphatic carbocycles. The van der Waals surface area contributed by atoms with Crippen LogP contribution in [0, 0.1) is 6.92 Å². The molecule has 0 spiro atoms. The van der Waals surface area contributed by atoms with Crippen LogP contribution in [0.4, 0.5) is 0 Å². The second-order valence-corrected chi connectivity index (χ2v) is 8.54. The zero-order chi connectivity index (χ0) is 21.0. The van der Waals surface area contributed by atoms with Crippen LogP contribution < -0.4 is 19.3 Å². The highest BCUT2D eigenvalue weighted by Crippen LogP contribution is 2.29. The Morgan fingerprint density at radius 1 is 1.03 bits per heavy atom. The van der Waals surface area contributed by atoms with Crippen molar-refractivity contribution < 1.29 is 28.8 Å². The number of aryl methyl sites for hydroxylation is 1. The van der Waals surface area contributed by atoms with Crippen LogP contribution in [0.25, 0.3) is 0 Å². The van der Waals surface area contributed by atoms with Gasteiger partial charge in [-0.15, -0.1) is 0 Å². The van der Waals surface area contributed by atoms with Gasteiger partial charge in [0.2, 0.25) is 0 Å². The third kappa shape index (κ3) is 5.62. The molecule has 162 valence electrons. The molecule has 2 atom stereocenters. The SMILES string of the molecule is COc1cc(C)c(C[NH+]2CC[NH+](CC(=O)N3C[C@H](C)O[C@@H](C)C3)CC2)cc1OC. The molecule has 7 nitrogen and oxygen atoms in total. The Balaban J connectivity index is 1.50. The van der Waals surface area contributed by atoms with E-state index >= 15 is 0 Å². The number of carbonyl (C=O) groups is 1. The maximum atomic E-state index is 12.7. The van der Waals surface area contributed by atoms with E-state index in [1.54, 1.807) is 19.1 Å². The second-order valence-electron chi connectivity index (χ2n) is 8.54. The van der Waals surface area contributed by atoms with Gasteiger partial charge in [0.25, 0.3) is 5.91 Å². The van der Waals surface area contributed by atoms with E-state index in [0.717, 1.165) is 44.2 Å². The minimum Gasteiger partial charge on any atom is -0.493 e. The number of quaternary nitrogens is 2. The molecular formula is C22H37N3O4+2. The lowest BCUT2D eigenvalue weighted by Gasteiger charge is -2.36. The maximum Gasteiger partial charge on any atom is 0.277 e.